The Kier molecular flexibility index (Phi) is 5.16. The summed E-state index contributed by atoms with van der Waals surface area (Å²) in [6.45, 7) is 7.02. The molecule has 2 amide bonds. The lowest BCUT2D eigenvalue weighted by Crippen LogP contribution is -2.43. The van der Waals surface area contributed by atoms with Gasteiger partial charge in [-0.05, 0) is 44.7 Å². The van der Waals surface area contributed by atoms with Crippen LogP contribution in [0.4, 0.5) is 0 Å². The van der Waals surface area contributed by atoms with Crippen molar-refractivity contribution < 1.29 is 9.59 Å². The second kappa shape index (κ2) is 6.73. The maximum absolute atomic E-state index is 12.3. The van der Waals surface area contributed by atoms with E-state index in [-0.39, 0.29) is 23.3 Å². The largest absolute Gasteiger partial charge is 0.352 e. The SMILES string of the molecule is CSc1cccc(CNC(=O)C2CC(=O)N(C(C)(C)C)C2)c1. The van der Waals surface area contributed by atoms with Crippen LogP contribution in [0.15, 0.2) is 29.2 Å². The number of amides is 2. The van der Waals surface area contributed by atoms with Crippen LogP contribution in [0.25, 0.3) is 0 Å². The molecule has 0 radical (unpaired) electrons. The predicted molar refractivity (Wildman–Crippen MR) is 89.6 cm³/mol. The summed E-state index contributed by atoms with van der Waals surface area (Å²) >= 11 is 1.68. The van der Waals surface area contributed by atoms with Gasteiger partial charge in [0.05, 0.1) is 5.92 Å². The molecule has 5 heteroatoms. The van der Waals surface area contributed by atoms with Crippen molar-refractivity contribution in [3.8, 4) is 0 Å². The Morgan fingerprint density at radius 3 is 2.73 bits per heavy atom. The molecule has 1 saturated heterocycles. The number of benzene rings is 1. The van der Waals surface area contributed by atoms with E-state index in [1.54, 1.807) is 16.7 Å². The van der Waals surface area contributed by atoms with Crippen molar-refractivity contribution in [3.63, 3.8) is 0 Å². The minimum atomic E-state index is -0.240. The Morgan fingerprint density at radius 1 is 1.41 bits per heavy atom. The summed E-state index contributed by atoms with van der Waals surface area (Å²) in [5.41, 5.74) is 0.857. The van der Waals surface area contributed by atoms with E-state index in [4.69, 9.17) is 0 Å². The van der Waals surface area contributed by atoms with Crippen LogP contribution in [-0.2, 0) is 16.1 Å². The van der Waals surface area contributed by atoms with Gasteiger partial charge in [0.1, 0.15) is 0 Å². The van der Waals surface area contributed by atoms with E-state index in [0.29, 0.717) is 19.5 Å². The smallest absolute Gasteiger partial charge is 0.225 e. The van der Waals surface area contributed by atoms with Crippen molar-refractivity contribution in [1.29, 1.82) is 0 Å². The van der Waals surface area contributed by atoms with Gasteiger partial charge in [0.2, 0.25) is 11.8 Å². The van der Waals surface area contributed by atoms with Crippen LogP contribution in [0, 0.1) is 5.92 Å². The first kappa shape index (κ1) is 16.9. The zero-order valence-electron chi connectivity index (χ0n) is 13.7. The molecule has 1 fully saturated rings. The predicted octanol–water partition coefficient (Wildman–Crippen LogP) is 2.67. The van der Waals surface area contributed by atoms with E-state index in [0.717, 1.165) is 5.56 Å². The zero-order valence-corrected chi connectivity index (χ0v) is 14.5. The highest BCUT2D eigenvalue weighted by Gasteiger charge is 2.39. The van der Waals surface area contributed by atoms with Gasteiger partial charge >= 0.3 is 0 Å². The number of hydrogen-bond donors (Lipinski definition) is 1. The van der Waals surface area contributed by atoms with Crippen molar-refractivity contribution >= 4 is 23.6 Å². The molecule has 120 valence electrons. The lowest BCUT2D eigenvalue weighted by Gasteiger charge is -2.31. The van der Waals surface area contributed by atoms with Gasteiger partial charge in [0.25, 0.3) is 0 Å². The molecule has 1 heterocycles. The molecule has 1 N–H and O–H groups in total. The lowest BCUT2D eigenvalue weighted by atomic mass is 10.1. The van der Waals surface area contributed by atoms with E-state index in [9.17, 15) is 9.59 Å². The maximum Gasteiger partial charge on any atom is 0.225 e. The third-order valence-corrected chi connectivity index (χ3v) is 4.63. The average molecular weight is 320 g/mol. The quantitative estimate of drug-likeness (QED) is 0.868. The van der Waals surface area contributed by atoms with E-state index >= 15 is 0 Å². The number of carbonyl (C=O) groups is 2. The van der Waals surface area contributed by atoms with Crippen LogP contribution < -0.4 is 5.32 Å². The van der Waals surface area contributed by atoms with E-state index in [2.05, 4.69) is 11.4 Å². The Morgan fingerprint density at radius 2 is 2.14 bits per heavy atom. The van der Waals surface area contributed by atoms with Crippen molar-refractivity contribution in [3.05, 3.63) is 29.8 Å². The Bertz CT molecular complexity index is 566. The van der Waals surface area contributed by atoms with Gasteiger partial charge in [-0.15, -0.1) is 11.8 Å². The zero-order chi connectivity index (χ0) is 16.3. The van der Waals surface area contributed by atoms with Crippen molar-refractivity contribution in [1.82, 2.24) is 10.2 Å². The summed E-state index contributed by atoms with van der Waals surface area (Å²) in [4.78, 5) is 27.3. The van der Waals surface area contributed by atoms with Gasteiger partial charge in [-0.2, -0.15) is 0 Å². The van der Waals surface area contributed by atoms with Crippen molar-refractivity contribution in [2.45, 2.75) is 44.2 Å². The molecule has 22 heavy (non-hydrogen) atoms. The normalized spacial score (nSPS) is 18.6. The van der Waals surface area contributed by atoms with Gasteiger partial charge in [0.15, 0.2) is 0 Å². The maximum atomic E-state index is 12.3. The third kappa shape index (κ3) is 4.03. The summed E-state index contributed by atoms with van der Waals surface area (Å²) in [5, 5.41) is 2.96. The Hall–Kier alpha value is -1.49. The van der Waals surface area contributed by atoms with Crippen molar-refractivity contribution in [2.24, 2.45) is 5.92 Å². The number of rotatable bonds is 4. The fraction of sp³-hybridized carbons (Fsp3) is 0.529. The van der Waals surface area contributed by atoms with E-state index < -0.39 is 0 Å². The van der Waals surface area contributed by atoms with Crippen LogP contribution in [0.2, 0.25) is 0 Å². The molecule has 0 aromatic heterocycles. The molecule has 1 aromatic rings. The number of thioether (sulfide) groups is 1. The average Bonchev–Trinajstić information content (AvgIpc) is 2.87. The second-order valence-corrected chi connectivity index (χ2v) is 7.53. The van der Waals surface area contributed by atoms with Crippen LogP contribution in [0.1, 0.15) is 32.8 Å². The monoisotopic (exact) mass is 320 g/mol. The van der Waals surface area contributed by atoms with Gasteiger partial charge in [-0.25, -0.2) is 0 Å². The van der Waals surface area contributed by atoms with Gasteiger partial charge in [-0.1, -0.05) is 12.1 Å². The number of likely N-dealkylation sites (tertiary alicyclic amines) is 1. The molecule has 2 rings (SSSR count). The number of carbonyl (C=O) groups excluding carboxylic acids is 2. The standard InChI is InChI=1S/C17H24N2O2S/c1-17(2,3)19-11-13(9-15(19)20)16(21)18-10-12-6-5-7-14(8-12)22-4/h5-8,13H,9-11H2,1-4H3,(H,18,21). The third-order valence-electron chi connectivity index (χ3n) is 3.91. The summed E-state index contributed by atoms with van der Waals surface area (Å²) in [6, 6.07) is 8.12. The first-order valence-corrected chi connectivity index (χ1v) is 8.75. The molecule has 1 aliphatic heterocycles. The first-order chi connectivity index (χ1) is 10.3. The molecule has 1 unspecified atom stereocenters. The minimum absolute atomic E-state index is 0.0327. The fourth-order valence-electron chi connectivity index (χ4n) is 2.65. The molecular formula is C17H24N2O2S. The van der Waals surface area contributed by atoms with Crippen LogP contribution in [0.3, 0.4) is 0 Å². The van der Waals surface area contributed by atoms with Gasteiger partial charge < -0.3 is 10.2 Å². The van der Waals surface area contributed by atoms with Crippen LogP contribution in [0.5, 0.6) is 0 Å². The Balaban J connectivity index is 1.92. The molecule has 0 spiro atoms. The summed E-state index contributed by atoms with van der Waals surface area (Å²) in [7, 11) is 0. The highest BCUT2D eigenvalue weighted by Crippen LogP contribution is 2.26. The molecular weight excluding hydrogens is 296 g/mol. The van der Waals surface area contributed by atoms with Gasteiger partial charge in [-0.3, -0.25) is 9.59 Å². The first-order valence-electron chi connectivity index (χ1n) is 7.52. The number of nitrogens with zero attached hydrogens (tertiary/aromatic N) is 1. The van der Waals surface area contributed by atoms with Crippen LogP contribution in [-0.4, -0.2) is 35.1 Å². The fourth-order valence-corrected chi connectivity index (χ4v) is 3.13. The lowest BCUT2D eigenvalue weighted by molar-refractivity contribution is -0.132. The molecule has 4 nitrogen and oxygen atoms in total. The second-order valence-electron chi connectivity index (χ2n) is 6.65. The minimum Gasteiger partial charge on any atom is -0.352 e. The molecule has 1 atom stereocenters. The molecule has 1 aromatic carbocycles. The number of hydrogen-bond acceptors (Lipinski definition) is 3. The summed E-state index contributed by atoms with van der Waals surface area (Å²) < 4.78 is 0. The summed E-state index contributed by atoms with van der Waals surface area (Å²) in [6.07, 6.45) is 2.34. The van der Waals surface area contributed by atoms with Crippen molar-refractivity contribution in [2.75, 3.05) is 12.8 Å². The topological polar surface area (TPSA) is 49.4 Å². The highest BCUT2D eigenvalue weighted by atomic mass is 32.2. The molecule has 0 saturated carbocycles. The van der Waals surface area contributed by atoms with E-state index in [1.165, 1.54) is 4.90 Å². The van der Waals surface area contributed by atoms with Gasteiger partial charge in [0, 0.05) is 29.9 Å². The summed E-state index contributed by atoms with van der Waals surface area (Å²) in [5.74, 6) is -0.206. The molecule has 0 bridgehead atoms. The Labute approximate surface area is 136 Å². The highest BCUT2D eigenvalue weighted by molar-refractivity contribution is 7.98. The number of nitrogens with one attached hydrogen (secondary N) is 1. The van der Waals surface area contributed by atoms with Crippen LogP contribution >= 0.6 is 11.8 Å². The molecule has 0 aliphatic carbocycles. The van der Waals surface area contributed by atoms with E-state index in [1.807, 2.05) is 45.2 Å². The molecule has 1 aliphatic rings.